The van der Waals surface area contributed by atoms with E-state index in [9.17, 15) is 9.59 Å². The predicted molar refractivity (Wildman–Crippen MR) is 70.4 cm³/mol. The third kappa shape index (κ3) is 4.21. The molecule has 1 aliphatic rings. The number of rotatable bonds is 3. The van der Waals surface area contributed by atoms with Crippen molar-refractivity contribution in [3.63, 3.8) is 0 Å². The van der Waals surface area contributed by atoms with Gasteiger partial charge in [0.25, 0.3) is 5.56 Å². The van der Waals surface area contributed by atoms with Crippen molar-refractivity contribution < 1.29 is 14.9 Å². The molecule has 1 saturated heterocycles. The van der Waals surface area contributed by atoms with Crippen molar-refractivity contribution in [1.29, 1.82) is 0 Å². The van der Waals surface area contributed by atoms with Gasteiger partial charge in [0.15, 0.2) is 0 Å². The second-order valence-electron chi connectivity index (χ2n) is 4.22. The molecule has 1 fully saturated rings. The van der Waals surface area contributed by atoms with E-state index in [1.807, 2.05) is 0 Å². The summed E-state index contributed by atoms with van der Waals surface area (Å²) in [4.78, 5) is 25.2. The zero-order valence-corrected chi connectivity index (χ0v) is 14.0. The average Bonchev–Trinajstić information content (AvgIpc) is 2.72. The monoisotopic (exact) mass is 467 g/mol. The Kier molecular flexibility index (Phi) is 7.68. The van der Waals surface area contributed by atoms with Crippen LogP contribution in [0.2, 0.25) is 0 Å². The van der Waals surface area contributed by atoms with Crippen LogP contribution >= 0.6 is 0 Å². The maximum atomic E-state index is 11.6. The van der Waals surface area contributed by atoms with E-state index in [2.05, 4.69) is 4.98 Å². The maximum Gasteiger partial charge on any atom is 0.330 e. The SMILES string of the molecule is COCC1CC[C@H](n2cc(C)c(=O)[nH]c2=O)O1.O.[Po]. The van der Waals surface area contributed by atoms with Crippen LogP contribution in [0.4, 0.5) is 0 Å². The van der Waals surface area contributed by atoms with Crippen LogP contribution in [0.25, 0.3) is 0 Å². The van der Waals surface area contributed by atoms with Crippen molar-refractivity contribution in [3.05, 3.63) is 32.6 Å². The van der Waals surface area contributed by atoms with E-state index in [4.69, 9.17) is 9.47 Å². The third-order valence-corrected chi connectivity index (χ3v) is 2.89. The minimum atomic E-state index is -0.427. The van der Waals surface area contributed by atoms with Crippen LogP contribution < -0.4 is 11.2 Å². The molecule has 7 nitrogen and oxygen atoms in total. The molecule has 108 valence electrons. The van der Waals surface area contributed by atoms with E-state index >= 15 is 0 Å². The first-order chi connectivity index (χ1) is 8.11. The summed E-state index contributed by atoms with van der Waals surface area (Å²) < 4.78 is 12.1. The minimum absolute atomic E-state index is 0. The predicted octanol–water partition coefficient (Wildman–Crippen LogP) is -1.04. The van der Waals surface area contributed by atoms with E-state index in [0.717, 1.165) is 12.8 Å². The summed E-state index contributed by atoms with van der Waals surface area (Å²) in [7, 11) is 1.62. The molecule has 1 aromatic rings. The molecule has 2 radical (unpaired) electrons. The number of methoxy groups -OCH3 is 1. The first kappa shape index (κ1) is 18.5. The maximum absolute atomic E-state index is 11.6. The number of H-pyrrole nitrogens is 1. The van der Waals surface area contributed by atoms with Crippen LogP contribution in [0.15, 0.2) is 15.8 Å². The fourth-order valence-corrected chi connectivity index (χ4v) is 2.00. The average molecular weight is 467 g/mol. The molecule has 1 aliphatic heterocycles. The van der Waals surface area contributed by atoms with Gasteiger partial charge >= 0.3 is 5.69 Å². The summed E-state index contributed by atoms with van der Waals surface area (Å²) in [5, 5.41) is 0. The van der Waals surface area contributed by atoms with Crippen molar-refractivity contribution in [2.75, 3.05) is 13.7 Å². The zero-order chi connectivity index (χ0) is 12.4. The van der Waals surface area contributed by atoms with Gasteiger partial charge in [-0.3, -0.25) is 14.3 Å². The van der Waals surface area contributed by atoms with Gasteiger partial charge in [0, 0.05) is 45.4 Å². The number of ether oxygens (including phenoxy) is 2. The first-order valence-electron chi connectivity index (χ1n) is 5.58. The molecule has 2 heterocycles. The molecule has 0 aliphatic carbocycles. The van der Waals surface area contributed by atoms with E-state index in [1.54, 1.807) is 20.2 Å². The van der Waals surface area contributed by atoms with Crippen LogP contribution in [-0.2, 0) is 9.47 Å². The van der Waals surface area contributed by atoms with Crippen LogP contribution in [0.3, 0.4) is 0 Å². The summed E-state index contributed by atoms with van der Waals surface area (Å²) in [6, 6.07) is 0. The Morgan fingerprint density at radius 2 is 2.16 bits per heavy atom. The summed E-state index contributed by atoms with van der Waals surface area (Å²) in [5.74, 6) is 0. The molecule has 0 spiro atoms. The van der Waals surface area contributed by atoms with Gasteiger partial charge in [-0.2, -0.15) is 0 Å². The molecule has 2 atom stereocenters. The van der Waals surface area contributed by atoms with Gasteiger partial charge in [-0.15, -0.1) is 0 Å². The van der Waals surface area contributed by atoms with Crippen molar-refractivity contribution in [2.45, 2.75) is 32.1 Å². The zero-order valence-electron chi connectivity index (χ0n) is 10.8. The molecule has 0 amide bonds. The van der Waals surface area contributed by atoms with Gasteiger partial charge in [-0.1, -0.05) is 0 Å². The van der Waals surface area contributed by atoms with Gasteiger partial charge in [-0.25, -0.2) is 4.79 Å². The molecule has 2 rings (SSSR count). The molecule has 3 N–H and O–H groups in total. The van der Waals surface area contributed by atoms with Crippen LogP contribution in [0.5, 0.6) is 0 Å². The first-order valence-corrected chi connectivity index (χ1v) is 5.58. The van der Waals surface area contributed by atoms with Crippen LogP contribution in [-0.4, -0.2) is 61.4 Å². The number of nitrogens with one attached hydrogen (secondary N) is 1. The minimum Gasteiger partial charge on any atom is -0.412 e. The fraction of sp³-hybridized carbons (Fsp3) is 0.636. The summed E-state index contributed by atoms with van der Waals surface area (Å²) >= 11 is 0. The Bertz CT molecular complexity index is 513. The smallest absolute Gasteiger partial charge is 0.330 e. The Morgan fingerprint density at radius 3 is 2.79 bits per heavy atom. The van der Waals surface area contributed by atoms with Gasteiger partial charge in [-0.05, 0) is 19.8 Å². The molecule has 1 aromatic heterocycles. The van der Waals surface area contributed by atoms with E-state index in [0.29, 0.717) is 12.2 Å². The Hall–Kier alpha value is -0.544. The van der Waals surface area contributed by atoms with Gasteiger partial charge in [0.1, 0.15) is 6.23 Å². The second kappa shape index (κ2) is 7.90. The normalized spacial score (nSPS) is 21.6. The number of nitrogens with zero attached hydrogens (tertiary/aromatic N) is 1. The van der Waals surface area contributed by atoms with Gasteiger partial charge in [0.05, 0.1) is 12.7 Å². The topological polar surface area (TPSA) is 105 Å². The molecular weight excluding hydrogens is 449 g/mol. The Labute approximate surface area is 129 Å². The van der Waals surface area contributed by atoms with Crippen molar-refractivity contribution >= 4 is 26.6 Å². The number of aromatic nitrogens is 2. The van der Waals surface area contributed by atoms with Gasteiger partial charge < -0.3 is 14.9 Å². The fourth-order valence-electron chi connectivity index (χ4n) is 2.00. The van der Waals surface area contributed by atoms with Gasteiger partial charge in [0.2, 0.25) is 0 Å². The number of aryl methyl sites for hydroxylation is 1. The summed E-state index contributed by atoms with van der Waals surface area (Å²) in [6.07, 6.45) is 2.85. The van der Waals surface area contributed by atoms with Crippen LogP contribution in [0, 0.1) is 6.92 Å². The van der Waals surface area contributed by atoms with Crippen molar-refractivity contribution in [1.82, 2.24) is 9.55 Å². The van der Waals surface area contributed by atoms with Crippen molar-refractivity contribution in [2.24, 2.45) is 0 Å². The third-order valence-electron chi connectivity index (χ3n) is 2.89. The number of aromatic amines is 1. The Balaban J connectivity index is 0.00000162. The molecule has 0 aromatic carbocycles. The number of hydrogen-bond donors (Lipinski definition) is 1. The number of hydrogen-bond acceptors (Lipinski definition) is 4. The van der Waals surface area contributed by atoms with Crippen LogP contribution in [0.1, 0.15) is 24.6 Å². The largest absolute Gasteiger partial charge is 0.412 e. The summed E-state index contributed by atoms with van der Waals surface area (Å²) in [5.41, 5.74) is -0.273. The van der Waals surface area contributed by atoms with E-state index < -0.39 is 5.69 Å². The Morgan fingerprint density at radius 1 is 1.47 bits per heavy atom. The molecule has 0 bridgehead atoms. The molecule has 1 unspecified atom stereocenters. The van der Waals surface area contributed by atoms with E-state index in [1.165, 1.54) is 4.57 Å². The quantitative estimate of drug-likeness (QED) is 0.614. The molecular formula is C11H18N2O5Po. The molecule has 8 heteroatoms. The molecule has 0 saturated carbocycles. The van der Waals surface area contributed by atoms with E-state index in [-0.39, 0.29) is 49.9 Å². The summed E-state index contributed by atoms with van der Waals surface area (Å²) in [6.45, 7) is 2.18. The molecule has 19 heavy (non-hydrogen) atoms. The van der Waals surface area contributed by atoms with Crippen molar-refractivity contribution in [3.8, 4) is 0 Å². The standard InChI is InChI=1S/C11H16N2O4.H2O.Po/c1-7-5-13(11(15)12-10(7)14)9-4-3-8(17-9)6-16-2;;/h5,8-9H,3-4,6H2,1-2H3,(H,12,14,15);1H2;/t8?,9-;;/m1../s1. The second-order valence-corrected chi connectivity index (χ2v) is 4.22.